The summed E-state index contributed by atoms with van der Waals surface area (Å²) in [7, 11) is 0. The minimum absolute atomic E-state index is 1.19. The highest BCUT2D eigenvalue weighted by Gasteiger charge is 2.09. The number of hydrogen-bond donors (Lipinski definition) is 0. The van der Waals surface area contributed by atoms with E-state index in [1.165, 1.54) is 105 Å². The molecule has 0 nitrogen and oxygen atoms in total. The maximum Gasteiger partial charge on any atom is 0.0355 e. The molecule has 0 atom stereocenters. The lowest BCUT2D eigenvalue weighted by molar-refractivity contribution is 0.675. The van der Waals surface area contributed by atoms with E-state index in [4.69, 9.17) is 0 Å². The van der Waals surface area contributed by atoms with Gasteiger partial charge in [0.2, 0.25) is 0 Å². The van der Waals surface area contributed by atoms with Gasteiger partial charge in [-0.1, -0.05) is 76.7 Å². The first kappa shape index (κ1) is 23.3. The van der Waals surface area contributed by atoms with E-state index in [1.54, 1.807) is 0 Å². The highest BCUT2D eigenvalue weighted by atomic mass is 32.1. The quantitative estimate of drug-likeness (QED) is 0.184. The van der Waals surface area contributed by atoms with Gasteiger partial charge in [-0.25, -0.2) is 0 Å². The maximum atomic E-state index is 2.39. The standard InChI is InChI=1S/C30H36S2/c1-3-5-7-9-11-13-15-23-21-27-25-18-20-30-28(26(25)17-19-29(27)31-23)22-24(32-30)16-14-12-10-8-6-4-2/h13-22H,3-12H2,1-2H3/b15-13+,16-14+. The van der Waals surface area contributed by atoms with Crippen LogP contribution in [0.3, 0.4) is 0 Å². The molecular weight excluding hydrogens is 424 g/mol. The van der Waals surface area contributed by atoms with Gasteiger partial charge in [0.25, 0.3) is 0 Å². The molecule has 0 aliphatic carbocycles. The number of hydrogen-bond acceptors (Lipinski definition) is 2. The molecule has 0 unspecified atom stereocenters. The van der Waals surface area contributed by atoms with Crippen molar-refractivity contribution in [3.05, 3.63) is 58.3 Å². The van der Waals surface area contributed by atoms with Crippen LogP contribution in [-0.4, -0.2) is 0 Å². The Morgan fingerprint density at radius 1 is 0.562 bits per heavy atom. The summed E-state index contributed by atoms with van der Waals surface area (Å²) in [5, 5.41) is 5.59. The third-order valence-electron chi connectivity index (χ3n) is 6.25. The maximum absolute atomic E-state index is 2.39. The van der Waals surface area contributed by atoms with Gasteiger partial charge in [0.15, 0.2) is 0 Å². The number of fused-ring (bicyclic) bond motifs is 5. The highest BCUT2D eigenvalue weighted by Crippen LogP contribution is 2.38. The average molecular weight is 461 g/mol. The Balaban J connectivity index is 1.53. The van der Waals surface area contributed by atoms with Crippen LogP contribution < -0.4 is 0 Å². The molecule has 0 bridgehead atoms. The second-order valence-corrected chi connectivity index (χ2v) is 11.1. The second-order valence-electron chi connectivity index (χ2n) is 8.85. The van der Waals surface area contributed by atoms with Crippen LogP contribution in [0, 0.1) is 0 Å². The van der Waals surface area contributed by atoms with Gasteiger partial charge in [0.1, 0.15) is 0 Å². The van der Waals surface area contributed by atoms with Crippen LogP contribution >= 0.6 is 22.7 Å². The molecule has 4 rings (SSSR count). The van der Waals surface area contributed by atoms with Crippen molar-refractivity contribution in [2.24, 2.45) is 0 Å². The molecule has 0 aliphatic rings. The summed E-state index contributed by atoms with van der Waals surface area (Å²) < 4.78 is 2.79. The monoisotopic (exact) mass is 460 g/mol. The van der Waals surface area contributed by atoms with E-state index in [0.717, 1.165) is 0 Å². The molecule has 4 aromatic rings. The summed E-state index contributed by atoms with van der Waals surface area (Å²) in [5.41, 5.74) is 0. The van der Waals surface area contributed by atoms with Crippen molar-refractivity contribution >= 4 is 65.8 Å². The third-order valence-corrected chi connectivity index (χ3v) is 8.38. The number of thiophene rings is 2. The predicted molar refractivity (Wildman–Crippen MR) is 150 cm³/mol. The molecule has 0 saturated heterocycles. The van der Waals surface area contributed by atoms with Crippen molar-refractivity contribution in [3.8, 4) is 0 Å². The second kappa shape index (κ2) is 11.8. The lowest BCUT2D eigenvalue weighted by Gasteiger charge is -2.01. The fourth-order valence-electron chi connectivity index (χ4n) is 4.43. The Morgan fingerprint density at radius 2 is 1.03 bits per heavy atom. The fourth-order valence-corrected chi connectivity index (χ4v) is 6.45. The minimum Gasteiger partial charge on any atom is -0.136 e. The van der Waals surface area contributed by atoms with E-state index in [-0.39, 0.29) is 0 Å². The van der Waals surface area contributed by atoms with E-state index in [9.17, 15) is 0 Å². The van der Waals surface area contributed by atoms with Crippen molar-refractivity contribution in [1.82, 2.24) is 0 Å². The van der Waals surface area contributed by atoms with Gasteiger partial charge in [-0.15, -0.1) is 22.7 Å². The number of unbranched alkanes of at least 4 members (excludes halogenated alkanes) is 8. The average Bonchev–Trinajstić information content (AvgIpc) is 3.42. The molecule has 2 aromatic carbocycles. The molecule has 32 heavy (non-hydrogen) atoms. The van der Waals surface area contributed by atoms with Crippen LogP contribution in [0.2, 0.25) is 0 Å². The van der Waals surface area contributed by atoms with Crippen LogP contribution in [0.1, 0.15) is 87.8 Å². The fraction of sp³-hybridized carbons (Fsp3) is 0.400. The van der Waals surface area contributed by atoms with E-state index in [1.807, 2.05) is 22.7 Å². The van der Waals surface area contributed by atoms with Crippen LogP contribution in [0.25, 0.3) is 43.1 Å². The Morgan fingerprint density at radius 3 is 1.47 bits per heavy atom. The summed E-state index contributed by atoms with van der Waals surface area (Å²) in [5.74, 6) is 0. The summed E-state index contributed by atoms with van der Waals surface area (Å²) in [4.78, 5) is 2.75. The SMILES string of the molecule is CCCCCC/C=C/c1cc2c(ccc3c4cc(/C=C/CCCCCC)sc4ccc23)s1. The summed E-state index contributed by atoms with van der Waals surface area (Å²) in [6.45, 7) is 4.54. The van der Waals surface area contributed by atoms with Gasteiger partial charge in [-0.2, -0.15) is 0 Å². The van der Waals surface area contributed by atoms with Crippen LogP contribution in [0.4, 0.5) is 0 Å². The van der Waals surface area contributed by atoms with Gasteiger partial charge in [0, 0.05) is 29.9 Å². The smallest absolute Gasteiger partial charge is 0.0355 e. The lowest BCUT2D eigenvalue weighted by Crippen LogP contribution is -1.74. The minimum atomic E-state index is 1.19. The lowest BCUT2D eigenvalue weighted by atomic mass is 10.0. The Bertz CT molecular complexity index is 1110. The first-order valence-corrected chi connectivity index (χ1v) is 14.2. The molecular formula is C30H36S2. The van der Waals surface area contributed by atoms with Gasteiger partial charge >= 0.3 is 0 Å². The topological polar surface area (TPSA) is 0 Å². The van der Waals surface area contributed by atoms with Crippen LogP contribution in [0.15, 0.2) is 48.6 Å². The molecule has 0 amide bonds. The molecule has 0 radical (unpaired) electrons. The van der Waals surface area contributed by atoms with Gasteiger partial charge < -0.3 is 0 Å². The molecule has 0 fully saturated rings. The van der Waals surface area contributed by atoms with Crippen molar-refractivity contribution in [2.45, 2.75) is 78.1 Å². The summed E-state index contributed by atoms with van der Waals surface area (Å²) in [6.07, 6.45) is 22.4. The normalized spacial score (nSPS) is 12.4. The van der Waals surface area contributed by atoms with Crippen LogP contribution in [-0.2, 0) is 0 Å². The molecule has 2 heterocycles. The molecule has 168 valence electrons. The van der Waals surface area contributed by atoms with Crippen molar-refractivity contribution in [3.63, 3.8) is 0 Å². The molecule has 2 heteroatoms. The van der Waals surface area contributed by atoms with Crippen molar-refractivity contribution < 1.29 is 0 Å². The Labute approximate surface area is 201 Å². The van der Waals surface area contributed by atoms with Crippen LogP contribution in [0.5, 0.6) is 0 Å². The summed E-state index contributed by atoms with van der Waals surface area (Å²) in [6, 6.07) is 14.1. The zero-order chi connectivity index (χ0) is 22.2. The predicted octanol–water partition coefficient (Wildman–Crippen LogP) is 11.2. The molecule has 2 aromatic heterocycles. The van der Waals surface area contributed by atoms with E-state index in [0.29, 0.717) is 0 Å². The number of allylic oxidation sites excluding steroid dienone is 2. The molecule has 0 spiro atoms. The van der Waals surface area contributed by atoms with Crippen molar-refractivity contribution in [1.29, 1.82) is 0 Å². The molecule has 0 aliphatic heterocycles. The van der Waals surface area contributed by atoms with E-state index >= 15 is 0 Å². The largest absolute Gasteiger partial charge is 0.136 e. The Kier molecular flexibility index (Phi) is 8.59. The summed E-state index contributed by atoms with van der Waals surface area (Å²) >= 11 is 3.83. The van der Waals surface area contributed by atoms with E-state index < -0.39 is 0 Å². The van der Waals surface area contributed by atoms with Gasteiger partial charge in [-0.3, -0.25) is 0 Å². The number of benzene rings is 2. The van der Waals surface area contributed by atoms with Gasteiger partial charge in [-0.05, 0) is 72.9 Å². The van der Waals surface area contributed by atoms with Crippen molar-refractivity contribution in [2.75, 3.05) is 0 Å². The third kappa shape index (κ3) is 5.71. The van der Waals surface area contributed by atoms with E-state index in [2.05, 4.69) is 74.5 Å². The number of rotatable bonds is 12. The first-order chi connectivity index (χ1) is 15.8. The zero-order valence-electron chi connectivity index (χ0n) is 19.7. The molecule has 0 N–H and O–H groups in total. The Hall–Kier alpha value is -1.90. The molecule has 0 saturated carbocycles. The zero-order valence-corrected chi connectivity index (χ0v) is 21.3. The first-order valence-electron chi connectivity index (χ1n) is 12.5. The van der Waals surface area contributed by atoms with Gasteiger partial charge in [0.05, 0.1) is 0 Å². The highest BCUT2D eigenvalue weighted by molar-refractivity contribution is 7.20.